The van der Waals surface area contributed by atoms with E-state index in [-0.39, 0.29) is 0 Å². The average molecular weight is 321 g/mol. The molecule has 0 bridgehead atoms. The second-order valence-corrected chi connectivity index (χ2v) is 6.08. The third-order valence-corrected chi connectivity index (χ3v) is 4.22. The molecule has 0 rings (SSSR count). The number of isocyanates is 3. The van der Waals surface area contributed by atoms with Crippen LogP contribution in [0.1, 0.15) is 52.4 Å². The first-order valence-corrected chi connectivity index (χ1v) is 8.26. The van der Waals surface area contributed by atoms with Crippen molar-refractivity contribution in [3.8, 4) is 0 Å². The molecule has 3 atom stereocenters. The molecule has 0 amide bonds. The van der Waals surface area contributed by atoms with Crippen LogP contribution < -0.4 is 0 Å². The van der Waals surface area contributed by atoms with E-state index in [1.54, 1.807) is 18.2 Å². The van der Waals surface area contributed by atoms with Gasteiger partial charge in [0.25, 0.3) is 0 Å². The molecular weight excluding hydrogens is 294 g/mol. The SMILES string of the molecule is CC(CCCN=C=O)CCC(CCCN=C=O)C(C)CN=C=O. The number of nitrogens with zero attached hydrogens (tertiary/aromatic N) is 3. The van der Waals surface area contributed by atoms with Crippen molar-refractivity contribution in [2.75, 3.05) is 19.6 Å². The van der Waals surface area contributed by atoms with E-state index in [1.807, 2.05) is 0 Å². The Hall–Kier alpha value is -1.86. The van der Waals surface area contributed by atoms with Crippen LogP contribution in [0.15, 0.2) is 15.0 Å². The molecule has 0 aliphatic carbocycles. The predicted octanol–water partition coefficient (Wildman–Crippen LogP) is 3.22. The second kappa shape index (κ2) is 15.1. The molecule has 0 saturated carbocycles. The van der Waals surface area contributed by atoms with Gasteiger partial charge in [0.05, 0.1) is 19.6 Å². The fourth-order valence-electron chi connectivity index (χ4n) is 2.73. The van der Waals surface area contributed by atoms with Crippen LogP contribution in [0.5, 0.6) is 0 Å². The summed E-state index contributed by atoms with van der Waals surface area (Å²) >= 11 is 0. The van der Waals surface area contributed by atoms with E-state index in [0.717, 1.165) is 38.5 Å². The molecule has 0 spiro atoms. The number of carbonyl (C=O) groups excluding carboxylic acids is 3. The molecule has 0 aromatic carbocycles. The molecule has 0 radical (unpaired) electrons. The molecule has 6 heteroatoms. The molecule has 0 aromatic rings. The Balaban J connectivity index is 4.28. The van der Waals surface area contributed by atoms with Gasteiger partial charge in [-0.2, -0.15) is 0 Å². The molecule has 0 aromatic heterocycles. The van der Waals surface area contributed by atoms with Crippen molar-refractivity contribution in [3.63, 3.8) is 0 Å². The van der Waals surface area contributed by atoms with Crippen LogP contribution >= 0.6 is 0 Å². The molecule has 0 aliphatic rings. The van der Waals surface area contributed by atoms with Gasteiger partial charge in [0.1, 0.15) is 0 Å². The molecular formula is C17H27N3O3. The molecule has 0 saturated heterocycles. The number of hydrogen-bond acceptors (Lipinski definition) is 6. The molecule has 0 heterocycles. The molecule has 3 unspecified atom stereocenters. The van der Waals surface area contributed by atoms with Gasteiger partial charge in [0.15, 0.2) is 0 Å². The summed E-state index contributed by atoms with van der Waals surface area (Å²) in [5, 5.41) is 0. The Morgan fingerprint density at radius 1 is 0.739 bits per heavy atom. The predicted molar refractivity (Wildman–Crippen MR) is 88.5 cm³/mol. The molecule has 0 fully saturated rings. The van der Waals surface area contributed by atoms with Crippen molar-refractivity contribution in [1.82, 2.24) is 0 Å². The Morgan fingerprint density at radius 2 is 1.30 bits per heavy atom. The Kier molecular flexibility index (Phi) is 13.8. The van der Waals surface area contributed by atoms with Crippen molar-refractivity contribution in [1.29, 1.82) is 0 Å². The highest BCUT2D eigenvalue weighted by Gasteiger charge is 2.18. The maximum atomic E-state index is 10.3. The van der Waals surface area contributed by atoms with Crippen LogP contribution in [0.3, 0.4) is 0 Å². The third kappa shape index (κ3) is 12.4. The lowest BCUT2D eigenvalue weighted by Gasteiger charge is -2.23. The quantitative estimate of drug-likeness (QED) is 0.279. The summed E-state index contributed by atoms with van der Waals surface area (Å²) in [6.07, 6.45) is 10.6. The first kappa shape index (κ1) is 21.1. The fourth-order valence-corrected chi connectivity index (χ4v) is 2.73. The van der Waals surface area contributed by atoms with Gasteiger partial charge in [-0.25, -0.2) is 29.4 Å². The Morgan fingerprint density at radius 3 is 1.87 bits per heavy atom. The van der Waals surface area contributed by atoms with Crippen molar-refractivity contribution in [3.05, 3.63) is 0 Å². The summed E-state index contributed by atoms with van der Waals surface area (Å²) in [6, 6.07) is 0. The van der Waals surface area contributed by atoms with Gasteiger partial charge in [-0.15, -0.1) is 0 Å². The van der Waals surface area contributed by atoms with E-state index >= 15 is 0 Å². The largest absolute Gasteiger partial charge is 0.234 e. The monoisotopic (exact) mass is 321 g/mol. The molecule has 6 nitrogen and oxygen atoms in total. The standard InChI is InChI=1S/C17H27N3O3/c1-15(5-3-9-18-12-21)7-8-17(6-4-10-19-13-22)16(2)11-20-14-23/h15-17H,3-11H2,1-2H3. The maximum Gasteiger partial charge on any atom is 0.234 e. The maximum absolute atomic E-state index is 10.3. The highest BCUT2D eigenvalue weighted by molar-refractivity contribution is 5.33. The zero-order valence-electron chi connectivity index (χ0n) is 14.2. The Bertz CT molecular complexity index is 448. The van der Waals surface area contributed by atoms with Crippen LogP contribution in [-0.2, 0) is 14.4 Å². The molecule has 0 N–H and O–H groups in total. The number of hydrogen-bond donors (Lipinski definition) is 0. The van der Waals surface area contributed by atoms with Gasteiger partial charge in [-0.05, 0) is 49.9 Å². The van der Waals surface area contributed by atoms with E-state index in [9.17, 15) is 14.4 Å². The zero-order chi connectivity index (χ0) is 17.3. The minimum absolute atomic E-state index is 0.309. The van der Waals surface area contributed by atoms with Crippen LogP contribution in [-0.4, -0.2) is 37.9 Å². The summed E-state index contributed by atoms with van der Waals surface area (Å²) in [5.74, 6) is 1.32. The molecule has 0 aliphatic heterocycles. The normalized spacial score (nSPS) is 13.8. The summed E-state index contributed by atoms with van der Waals surface area (Å²) in [7, 11) is 0. The van der Waals surface area contributed by atoms with Crippen LogP contribution in [0.2, 0.25) is 0 Å². The highest BCUT2D eigenvalue weighted by Crippen LogP contribution is 2.26. The van der Waals surface area contributed by atoms with Crippen LogP contribution in [0.4, 0.5) is 0 Å². The fraction of sp³-hybridized carbons (Fsp3) is 0.824. The van der Waals surface area contributed by atoms with Crippen molar-refractivity contribution in [2.24, 2.45) is 32.7 Å². The van der Waals surface area contributed by atoms with Gasteiger partial charge in [0.2, 0.25) is 18.2 Å². The van der Waals surface area contributed by atoms with Gasteiger partial charge >= 0.3 is 0 Å². The van der Waals surface area contributed by atoms with Gasteiger partial charge < -0.3 is 0 Å². The number of rotatable bonds is 14. The van der Waals surface area contributed by atoms with E-state index in [2.05, 4.69) is 28.8 Å². The van der Waals surface area contributed by atoms with Crippen molar-refractivity contribution in [2.45, 2.75) is 52.4 Å². The van der Waals surface area contributed by atoms with E-state index in [4.69, 9.17) is 0 Å². The van der Waals surface area contributed by atoms with Crippen LogP contribution in [0, 0.1) is 17.8 Å². The lowest BCUT2D eigenvalue weighted by Crippen LogP contribution is -2.16. The second-order valence-electron chi connectivity index (χ2n) is 6.08. The van der Waals surface area contributed by atoms with Crippen molar-refractivity contribution >= 4 is 18.2 Å². The number of aliphatic imine (C=N–C) groups is 3. The van der Waals surface area contributed by atoms with Gasteiger partial charge in [0, 0.05) is 0 Å². The minimum atomic E-state index is 0.309. The summed E-state index contributed by atoms with van der Waals surface area (Å²) < 4.78 is 0. The van der Waals surface area contributed by atoms with E-state index < -0.39 is 0 Å². The van der Waals surface area contributed by atoms with Crippen molar-refractivity contribution < 1.29 is 14.4 Å². The summed E-state index contributed by atoms with van der Waals surface area (Å²) in [6.45, 7) is 5.84. The molecule has 23 heavy (non-hydrogen) atoms. The van der Waals surface area contributed by atoms with Crippen LogP contribution in [0.25, 0.3) is 0 Å². The molecule has 128 valence electrons. The summed E-state index contributed by atoms with van der Waals surface area (Å²) in [5.41, 5.74) is 0. The van der Waals surface area contributed by atoms with E-state index in [1.165, 1.54) is 0 Å². The first-order chi connectivity index (χ1) is 11.2. The summed E-state index contributed by atoms with van der Waals surface area (Å²) in [4.78, 5) is 41.2. The first-order valence-electron chi connectivity index (χ1n) is 8.26. The minimum Gasteiger partial charge on any atom is -0.211 e. The average Bonchev–Trinajstić information content (AvgIpc) is 2.55. The lowest BCUT2D eigenvalue weighted by atomic mass is 9.83. The van der Waals surface area contributed by atoms with Gasteiger partial charge in [-0.3, -0.25) is 0 Å². The lowest BCUT2D eigenvalue weighted by molar-refractivity contribution is 0.287. The smallest absolute Gasteiger partial charge is 0.211 e. The highest BCUT2D eigenvalue weighted by atomic mass is 16.1. The third-order valence-electron chi connectivity index (χ3n) is 4.22. The van der Waals surface area contributed by atoms with Gasteiger partial charge in [-0.1, -0.05) is 20.3 Å². The zero-order valence-corrected chi connectivity index (χ0v) is 14.2. The van der Waals surface area contributed by atoms with E-state index in [0.29, 0.717) is 37.4 Å². The topological polar surface area (TPSA) is 88.3 Å². The Labute approximate surface area is 138 Å².